The van der Waals surface area contributed by atoms with Gasteiger partial charge in [0.25, 0.3) is 0 Å². The average Bonchev–Trinajstić information content (AvgIpc) is 2.96. The largest absolute Gasteiger partial charge is 0.393 e. The number of rotatable bonds is 5. The molecule has 4 atom stereocenters. The summed E-state index contributed by atoms with van der Waals surface area (Å²) >= 11 is 0. The fraction of sp³-hybridized carbons (Fsp3) is 0.533. The van der Waals surface area contributed by atoms with Crippen molar-refractivity contribution in [2.75, 3.05) is 68.0 Å². The number of nitrogens with zero attached hydrogens (tertiary/aromatic N) is 3. The molecule has 3 saturated heterocycles. The summed E-state index contributed by atoms with van der Waals surface area (Å²) in [7, 11) is 2.01. The van der Waals surface area contributed by atoms with Crippen LogP contribution >= 0.6 is 0 Å². The van der Waals surface area contributed by atoms with Crippen LogP contribution in [-0.4, -0.2) is 87.8 Å². The Morgan fingerprint density at radius 1 is 1.00 bits per heavy atom. The Bertz CT molecular complexity index is 1290. The van der Waals surface area contributed by atoms with E-state index in [-0.39, 0.29) is 23.3 Å². The van der Waals surface area contributed by atoms with Gasteiger partial charge in [0.2, 0.25) is 11.8 Å². The summed E-state index contributed by atoms with van der Waals surface area (Å²) in [5.41, 5.74) is 2.50. The lowest BCUT2D eigenvalue weighted by Gasteiger charge is -2.44. The number of halogens is 4. The van der Waals surface area contributed by atoms with Gasteiger partial charge >= 0.3 is 6.18 Å². The SMILES string of the molecule is C[C@@H]1CN(c2cc(F)c(-c3ccc(N4CCNCC4)cc3)cc2NC(=O)C2CNC(=O)CC2C(F)(F)F)C[C@H](C)N1C. The van der Waals surface area contributed by atoms with Crippen LogP contribution in [0.3, 0.4) is 0 Å². The maximum atomic E-state index is 15.8. The molecule has 0 aliphatic carbocycles. The maximum absolute atomic E-state index is 15.8. The number of alkyl halides is 3. The van der Waals surface area contributed by atoms with Crippen LogP contribution in [0.15, 0.2) is 36.4 Å². The molecule has 3 N–H and O–H groups in total. The molecule has 0 saturated carbocycles. The Hall–Kier alpha value is -3.38. The van der Waals surface area contributed by atoms with Gasteiger partial charge < -0.3 is 25.8 Å². The van der Waals surface area contributed by atoms with Crippen molar-refractivity contribution >= 4 is 28.9 Å². The molecule has 0 spiro atoms. The van der Waals surface area contributed by atoms with Gasteiger partial charge in [-0.1, -0.05) is 12.1 Å². The highest BCUT2D eigenvalue weighted by atomic mass is 19.4. The summed E-state index contributed by atoms with van der Waals surface area (Å²) < 4.78 is 57.3. The second kappa shape index (κ2) is 12.1. The minimum absolute atomic E-state index is 0.126. The molecule has 3 aliphatic rings. The van der Waals surface area contributed by atoms with Crippen molar-refractivity contribution in [3.05, 3.63) is 42.2 Å². The van der Waals surface area contributed by atoms with Gasteiger partial charge in [0.15, 0.2) is 0 Å². The molecular weight excluding hydrogens is 552 g/mol. The van der Waals surface area contributed by atoms with Gasteiger partial charge in [-0.15, -0.1) is 0 Å². The van der Waals surface area contributed by atoms with Gasteiger partial charge in [0.1, 0.15) is 5.82 Å². The van der Waals surface area contributed by atoms with Gasteiger partial charge in [0, 0.05) is 75.6 Å². The number of benzene rings is 2. The second-order valence-electron chi connectivity index (χ2n) is 11.7. The number of carbonyl (C=O) groups is 2. The van der Waals surface area contributed by atoms with Crippen LogP contribution in [0.4, 0.5) is 34.6 Å². The molecule has 0 radical (unpaired) electrons. The quantitative estimate of drug-likeness (QED) is 0.462. The Kier molecular flexibility index (Phi) is 8.66. The standard InChI is InChI=1S/C30H38F4N6O2/c1-18-16-40(17-19(2)38(18)3)27-14-25(31)22(20-4-6-21(7-5-20)39-10-8-35-9-11-39)12-26(27)37-29(42)23-15-36-28(41)13-24(23)30(32,33)34/h4-7,12,14,18-19,23-24,35H,8-11,13,15-17H2,1-3H3,(H,36,41)(H,37,42)/t18-,19+,23?,24?. The normalized spacial score (nSPS) is 25.7. The zero-order valence-corrected chi connectivity index (χ0v) is 24.1. The Morgan fingerprint density at radius 3 is 2.26 bits per heavy atom. The summed E-state index contributed by atoms with van der Waals surface area (Å²) in [5, 5.41) is 8.41. The fourth-order valence-corrected chi connectivity index (χ4v) is 6.15. The first-order valence-electron chi connectivity index (χ1n) is 14.4. The van der Waals surface area contributed by atoms with E-state index in [4.69, 9.17) is 0 Å². The first-order chi connectivity index (χ1) is 19.9. The highest BCUT2D eigenvalue weighted by Crippen LogP contribution is 2.40. The van der Waals surface area contributed by atoms with Crippen molar-refractivity contribution in [1.29, 1.82) is 0 Å². The lowest BCUT2D eigenvalue weighted by molar-refractivity contribution is -0.197. The summed E-state index contributed by atoms with van der Waals surface area (Å²) in [6.45, 7) is 8.25. The molecule has 0 bridgehead atoms. The molecule has 2 amide bonds. The van der Waals surface area contributed by atoms with Gasteiger partial charge in [-0.05, 0) is 50.7 Å². The Morgan fingerprint density at radius 2 is 1.64 bits per heavy atom. The van der Waals surface area contributed by atoms with E-state index >= 15 is 4.39 Å². The Balaban J connectivity index is 1.49. The van der Waals surface area contributed by atoms with E-state index < -0.39 is 48.6 Å². The lowest BCUT2D eigenvalue weighted by atomic mass is 9.84. The third-order valence-corrected chi connectivity index (χ3v) is 8.87. The molecule has 2 aromatic rings. The summed E-state index contributed by atoms with van der Waals surface area (Å²) in [6.07, 6.45) is -5.53. The van der Waals surface area contributed by atoms with E-state index in [9.17, 15) is 22.8 Å². The predicted molar refractivity (Wildman–Crippen MR) is 155 cm³/mol. The number of likely N-dealkylation sites (N-methyl/N-ethyl adjacent to an activating group) is 1. The lowest BCUT2D eigenvalue weighted by Crippen LogP contribution is -2.55. The number of piperidine rings is 1. The van der Waals surface area contributed by atoms with Gasteiger partial charge in [-0.3, -0.25) is 14.5 Å². The van der Waals surface area contributed by atoms with Gasteiger partial charge in [-0.25, -0.2) is 4.39 Å². The molecule has 0 aromatic heterocycles. The molecule has 2 aromatic carbocycles. The van der Waals surface area contributed by atoms with Crippen molar-refractivity contribution in [3.8, 4) is 11.1 Å². The van der Waals surface area contributed by atoms with Crippen molar-refractivity contribution in [3.63, 3.8) is 0 Å². The highest BCUT2D eigenvalue weighted by molar-refractivity contribution is 5.98. The maximum Gasteiger partial charge on any atom is 0.393 e. The molecular formula is C30H38F4N6O2. The van der Waals surface area contributed by atoms with Crippen molar-refractivity contribution < 1.29 is 27.2 Å². The molecule has 3 fully saturated rings. The topological polar surface area (TPSA) is 80.0 Å². The molecule has 42 heavy (non-hydrogen) atoms. The smallest absolute Gasteiger partial charge is 0.369 e. The van der Waals surface area contributed by atoms with Crippen LogP contribution in [0.25, 0.3) is 11.1 Å². The predicted octanol–water partition coefficient (Wildman–Crippen LogP) is 3.68. The number of amides is 2. The fourth-order valence-electron chi connectivity index (χ4n) is 6.15. The average molecular weight is 591 g/mol. The number of anilines is 3. The van der Waals surface area contributed by atoms with Crippen LogP contribution in [-0.2, 0) is 9.59 Å². The monoisotopic (exact) mass is 590 g/mol. The molecule has 8 nitrogen and oxygen atoms in total. The van der Waals surface area contributed by atoms with Crippen LogP contribution in [0.5, 0.6) is 0 Å². The van der Waals surface area contributed by atoms with E-state index in [2.05, 4.69) is 25.8 Å². The van der Waals surface area contributed by atoms with E-state index in [0.717, 1.165) is 31.9 Å². The van der Waals surface area contributed by atoms with Crippen LogP contribution in [0.2, 0.25) is 0 Å². The third kappa shape index (κ3) is 6.34. The number of nitrogens with one attached hydrogen (secondary N) is 3. The molecule has 228 valence electrons. The van der Waals surface area contributed by atoms with Gasteiger partial charge in [-0.2, -0.15) is 13.2 Å². The zero-order chi connectivity index (χ0) is 30.2. The third-order valence-electron chi connectivity index (χ3n) is 8.87. The van der Waals surface area contributed by atoms with Crippen molar-refractivity contribution in [1.82, 2.24) is 15.5 Å². The van der Waals surface area contributed by atoms with E-state index in [1.807, 2.05) is 50.1 Å². The van der Waals surface area contributed by atoms with Crippen LogP contribution < -0.4 is 25.8 Å². The first kappa shape index (κ1) is 30.1. The number of hydrogen-bond acceptors (Lipinski definition) is 6. The molecule has 3 aliphatic heterocycles. The molecule has 3 heterocycles. The summed E-state index contributed by atoms with van der Waals surface area (Å²) in [5.74, 6) is -5.70. The number of carbonyl (C=O) groups excluding carboxylic acids is 2. The minimum atomic E-state index is -4.72. The van der Waals surface area contributed by atoms with Crippen LogP contribution in [0.1, 0.15) is 20.3 Å². The second-order valence-corrected chi connectivity index (χ2v) is 11.7. The first-order valence-corrected chi connectivity index (χ1v) is 14.4. The molecule has 12 heteroatoms. The molecule has 2 unspecified atom stereocenters. The number of hydrogen-bond donors (Lipinski definition) is 3. The van der Waals surface area contributed by atoms with Crippen molar-refractivity contribution in [2.45, 2.75) is 38.5 Å². The Labute approximate surface area is 243 Å². The van der Waals surface area contributed by atoms with E-state index in [1.165, 1.54) is 12.1 Å². The van der Waals surface area contributed by atoms with E-state index in [1.54, 1.807) is 0 Å². The number of piperazine rings is 2. The highest BCUT2D eigenvalue weighted by Gasteiger charge is 2.50. The minimum Gasteiger partial charge on any atom is -0.369 e. The van der Waals surface area contributed by atoms with Gasteiger partial charge in [0.05, 0.1) is 23.2 Å². The van der Waals surface area contributed by atoms with E-state index in [0.29, 0.717) is 24.3 Å². The summed E-state index contributed by atoms with van der Waals surface area (Å²) in [6, 6.07) is 10.6. The van der Waals surface area contributed by atoms with Crippen LogP contribution in [0, 0.1) is 17.7 Å². The zero-order valence-electron chi connectivity index (χ0n) is 24.1. The molecule has 5 rings (SSSR count). The summed E-state index contributed by atoms with van der Waals surface area (Å²) in [4.78, 5) is 31.6. The van der Waals surface area contributed by atoms with Crippen molar-refractivity contribution in [2.24, 2.45) is 11.8 Å².